The lowest BCUT2D eigenvalue weighted by molar-refractivity contribution is -0.138. The summed E-state index contributed by atoms with van der Waals surface area (Å²) in [5, 5.41) is 24.7. The first-order chi connectivity index (χ1) is 20.0. The number of nitrogens with one attached hydrogen (secondary N) is 4. The van der Waals surface area contributed by atoms with Crippen LogP contribution in [0.3, 0.4) is 0 Å². The Morgan fingerprint density at radius 1 is 0.786 bits per heavy atom. The third-order valence-corrected chi connectivity index (χ3v) is 9.16. The Hall–Kier alpha value is -4.30. The van der Waals surface area contributed by atoms with Gasteiger partial charge in [-0.25, -0.2) is 0 Å². The van der Waals surface area contributed by atoms with Gasteiger partial charge in [-0.15, -0.1) is 0 Å². The van der Waals surface area contributed by atoms with Gasteiger partial charge in [0, 0.05) is 82.4 Å². The molecule has 8 heteroatoms. The summed E-state index contributed by atoms with van der Waals surface area (Å²) in [6.07, 6.45) is 10.3. The summed E-state index contributed by atoms with van der Waals surface area (Å²) in [5.74, 6) is -1.66. The average molecular weight is 569 g/mol. The molecule has 42 heavy (non-hydrogen) atoms. The minimum atomic E-state index is -0.837. The van der Waals surface area contributed by atoms with E-state index in [0.29, 0.717) is 19.3 Å². The lowest BCUT2D eigenvalue weighted by Gasteiger charge is -2.18. The minimum Gasteiger partial charge on any atom is -0.481 e. The van der Waals surface area contributed by atoms with E-state index in [2.05, 4.69) is 66.3 Å². The van der Waals surface area contributed by atoms with Crippen molar-refractivity contribution in [3.05, 3.63) is 91.2 Å². The van der Waals surface area contributed by atoms with E-state index in [1.807, 2.05) is 19.1 Å². The lowest BCUT2D eigenvalue weighted by Crippen LogP contribution is -2.36. The van der Waals surface area contributed by atoms with Crippen molar-refractivity contribution < 1.29 is 19.8 Å². The Bertz CT molecular complexity index is 1760. The second-order valence-electron chi connectivity index (χ2n) is 11.5. The van der Waals surface area contributed by atoms with Crippen LogP contribution in [0.2, 0.25) is 0 Å². The highest BCUT2D eigenvalue weighted by Crippen LogP contribution is 2.33. The molecule has 5 heterocycles. The van der Waals surface area contributed by atoms with E-state index < -0.39 is 11.9 Å². The number of carboxylic acids is 2. The highest BCUT2D eigenvalue weighted by molar-refractivity contribution is 5.70. The predicted molar refractivity (Wildman–Crippen MR) is 167 cm³/mol. The molecule has 220 valence electrons. The van der Waals surface area contributed by atoms with Crippen molar-refractivity contribution in [2.75, 3.05) is 0 Å². The van der Waals surface area contributed by atoms with Crippen molar-refractivity contribution in [2.45, 2.75) is 78.3 Å². The van der Waals surface area contributed by atoms with Gasteiger partial charge in [-0.3, -0.25) is 9.59 Å². The molecule has 0 unspecified atom stereocenters. The first-order valence-corrected chi connectivity index (χ1v) is 14.5. The molecular formula is C34H40N4O4. The zero-order chi connectivity index (χ0) is 30.3. The number of hydrogen-bond donors (Lipinski definition) is 6. The van der Waals surface area contributed by atoms with Crippen LogP contribution in [0.1, 0.15) is 82.3 Å². The summed E-state index contributed by atoms with van der Waals surface area (Å²) in [7, 11) is 0. The molecule has 3 aromatic rings. The van der Waals surface area contributed by atoms with E-state index in [4.69, 9.17) is 0 Å². The summed E-state index contributed by atoms with van der Waals surface area (Å²) in [4.78, 5) is 34.0. The molecule has 5 rings (SSSR count). The Kier molecular flexibility index (Phi) is 8.01. The molecule has 0 saturated carbocycles. The SMILES string of the molecule is C=Cc1c2[nH]c(c1C)C[C@@H]1N[C@H](Cc3[nH]c(c(C)c3CCC(=O)O)/C=c3\[nH]/c(c(C)c3C=C)=C\2)C(CCC(=O)O)=C1C. The summed E-state index contributed by atoms with van der Waals surface area (Å²) < 4.78 is 0. The van der Waals surface area contributed by atoms with Gasteiger partial charge >= 0.3 is 11.9 Å². The summed E-state index contributed by atoms with van der Waals surface area (Å²) in [6.45, 7) is 16.5. The minimum absolute atomic E-state index is 0.0327. The maximum Gasteiger partial charge on any atom is 0.303 e. The average Bonchev–Trinajstić information content (AvgIpc) is 3.59. The van der Waals surface area contributed by atoms with E-state index in [9.17, 15) is 19.8 Å². The van der Waals surface area contributed by atoms with Gasteiger partial charge in [0.1, 0.15) is 0 Å². The van der Waals surface area contributed by atoms with Crippen LogP contribution in [0.4, 0.5) is 0 Å². The number of aromatic nitrogens is 3. The summed E-state index contributed by atoms with van der Waals surface area (Å²) >= 11 is 0. The van der Waals surface area contributed by atoms with Crippen LogP contribution in [0.15, 0.2) is 24.3 Å². The topological polar surface area (TPSA) is 134 Å². The first-order valence-electron chi connectivity index (χ1n) is 14.5. The quantitative estimate of drug-likeness (QED) is 0.227. The molecule has 2 aliphatic heterocycles. The smallest absolute Gasteiger partial charge is 0.303 e. The number of hydrogen-bond acceptors (Lipinski definition) is 3. The standard InChI is InChI=1S/C34H40N4O4/c1-7-21-17(3)25-13-26-19(5)23(9-11-33(39)40)31(37-26)16-32-24(10-12-34(41)42)20(6)28(38-32)15-30-22(8-2)18(4)27(36-30)14-29(21)35-25/h7-8,14-15,26,31,35-38H,1-2,9-13,16H2,3-6H3,(H,39,40)(H,41,42)/b27-14-,30-15-/t26-,31+/m0/s1. The Morgan fingerprint density at radius 2 is 1.40 bits per heavy atom. The zero-order valence-electron chi connectivity index (χ0n) is 24.8. The highest BCUT2D eigenvalue weighted by atomic mass is 16.4. The van der Waals surface area contributed by atoms with Crippen molar-refractivity contribution in [3.8, 4) is 0 Å². The third kappa shape index (κ3) is 5.34. The molecule has 8 nitrogen and oxygen atoms in total. The van der Waals surface area contributed by atoms with E-state index in [1.165, 1.54) is 5.57 Å². The maximum atomic E-state index is 11.6. The maximum absolute atomic E-state index is 11.6. The van der Waals surface area contributed by atoms with Gasteiger partial charge in [0.05, 0.1) is 0 Å². The third-order valence-electron chi connectivity index (χ3n) is 9.16. The molecule has 0 aliphatic carbocycles. The van der Waals surface area contributed by atoms with Crippen LogP contribution < -0.4 is 16.0 Å². The Labute approximate surface area is 245 Å². The van der Waals surface area contributed by atoms with Gasteiger partial charge < -0.3 is 30.5 Å². The summed E-state index contributed by atoms with van der Waals surface area (Å²) in [6, 6.07) is -0.0368. The van der Waals surface area contributed by atoms with Crippen molar-refractivity contribution in [3.63, 3.8) is 0 Å². The monoisotopic (exact) mass is 568 g/mol. The fourth-order valence-corrected chi connectivity index (χ4v) is 6.72. The van der Waals surface area contributed by atoms with Gasteiger partial charge in [-0.2, -0.15) is 0 Å². The number of fused-ring (bicyclic) bond motifs is 8. The molecule has 0 fully saturated rings. The molecule has 3 aromatic heterocycles. The number of aliphatic carboxylic acids is 2. The van der Waals surface area contributed by atoms with Crippen molar-refractivity contribution >= 4 is 36.2 Å². The summed E-state index contributed by atoms with van der Waals surface area (Å²) in [5.41, 5.74) is 12.6. The van der Waals surface area contributed by atoms with Crippen LogP contribution >= 0.6 is 0 Å². The van der Waals surface area contributed by atoms with Crippen LogP contribution in [0.25, 0.3) is 24.3 Å². The number of H-pyrrole nitrogens is 3. The molecule has 8 bridgehead atoms. The molecule has 0 saturated heterocycles. The number of carbonyl (C=O) groups is 2. The number of aromatic amines is 3. The van der Waals surface area contributed by atoms with E-state index in [1.54, 1.807) is 0 Å². The zero-order valence-corrected chi connectivity index (χ0v) is 24.8. The van der Waals surface area contributed by atoms with Crippen molar-refractivity contribution in [1.82, 2.24) is 20.3 Å². The second-order valence-corrected chi connectivity index (χ2v) is 11.5. The lowest BCUT2D eigenvalue weighted by atomic mass is 9.93. The van der Waals surface area contributed by atoms with Gasteiger partial charge in [-0.1, -0.05) is 36.5 Å². The Morgan fingerprint density at radius 3 is 2.07 bits per heavy atom. The molecule has 6 N–H and O–H groups in total. The number of carboxylic acid groups (broad SMARTS) is 2. The first kappa shape index (κ1) is 29.2. The van der Waals surface area contributed by atoms with Crippen LogP contribution in [0.5, 0.6) is 0 Å². The molecule has 0 aromatic carbocycles. The molecule has 2 aliphatic rings. The van der Waals surface area contributed by atoms with Crippen LogP contribution in [-0.4, -0.2) is 49.2 Å². The van der Waals surface area contributed by atoms with Gasteiger partial charge in [0.25, 0.3) is 0 Å². The normalized spacial score (nSPS) is 19.6. The van der Waals surface area contributed by atoms with Crippen LogP contribution in [-0.2, 0) is 28.9 Å². The second kappa shape index (κ2) is 11.5. The highest BCUT2D eigenvalue weighted by Gasteiger charge is 2.33. The molecule has 0 radical (unpaired) electrons. The fraction of sp³-hybridized carbons (Fsp3) is 0.353. The van der Waals surface area contributed by atoms with Gasteiger partial charge in [0.2, 0.25) is 0 Å². The molecule has 0 spiro atoms. The van der Waals surface area contributed by atoms with E-state index in [-0.39, 0.29) is 24.9 Å². The van der Waals surface area contributed by atoms with Crippen molar-refractivity contribution in [1.29, 1.82) is 0 Å². The fourth-order valence-electron chi connectivity index (χ4n) is 6.72. The van der Waals surface area contributed by atoms with Gasteiger partial charge in [-0.05, 0) is 74.9 Å². The Balaban J connectivity index is 1.76. The van der Waals surface area contributed by atoms with Crippen molar-refractivity contribution in [2.24, 2.45) is 0 Å². The molecule has 0 amide bonds. The predicted octanol–water partition coefficient (Wildman–Crippen LogP) is 4.18. The molecule has 2 atom stereocenters. The number of rotatable bonds is 8. The molecular weight excluding hydrogens is 528 g/mol. The van der Waals surface area contributed by atoms with Gasteiger partial charge in [0.15, 0.2) is 0 Å². The van der Waals surface area contributed by atoms with E-state index in [0.717, 1.165) is 78.8 Å². The van der Waals surface area contributed by atoms with E-state index >= 15 is 0 Å². The largest absolute Gasteiger partial charge is 0.481 e. The van der Waals surface area contributed by atoms with Crippen LogP contribution in [0, 0.1) is 20.8 Å².